The van der Waals surface area contributed by atoms with Gasteiger partial charge in [0.15, 0.2) is 0 Å². The third-order valence-corrected chi connectivity index (χ3v) is 2.04. The summed E-state index contributed by atoms with van der Waals surface area (Å²) in [5, 5.41) is 18.1. The fourth-order valence-electron chi connectivity index (χ4n) is 1.27. The Bertz CT molecular complexity index is 342. The molecule has 1 aromatic carbocycles. The molecule has 3 heteroatoms. The lowest BCUT2D eigenvalue weighted by Crippen LogP contribution is -2.00. The van der Waals surface area contributed by atoms with Crippen LogP contribution in [0.25, 0.3) is 0 Å². The standard InChI is InChI=1S/C10H12O3/c1-3-7-4-6(2)8(10(12)13)5-9(7)11/h4-5,11H,3H2,1-2H3,(H,12,13). The Morgan fingerprint density at radius 2 is 2.08 bits per heavy atom. The second-order valence-corrected chi connectivity index (χ2v) is 2.95. The number of phenols is 1. The van der Waals surface area contributed by atoms with Crippen molar-refractivity contribution in [3.05, 3.63) is 28.8 Å². The predicted octanol–water partition coefficient (Wildman–Crippen LogP) is 1.96. The summed E-state index contributed by atoms with van der Waals surface area (Å²) >= 11 is 0. The second kappa shape index (κ2) is 3.47. The molecule has 0 aliphatic rings. The van der Waals surface area contributed by atoms with E-state index in [1.165, 1.54) is 6.07 Å². The molecule has 2 N–H and O–H groups in total. The minimum absolute atomic E-state index is 0.0606. The Hall–Kier alpha value is -1.51. The third-order valence-electron chi connectivity index (χ3n) is 2.04. The lowest BCUT2D eigenvalue weighted by molar-refractivity contribution is 0.0695. The highest BCUT2D eigenvalue weighted by molar-refractivity contribution is 5.90. The van der Waals surface area contributed by atoms with Gasteiger partial charge in [-0.25, -0.2) is 4.79 Å². The third kappa shape index (κ3) is 1.80. The van der Waals surface area contributed by atoms with Crippen molar-refractivity contribution in [2.75, 3.05) is 0 Å². The van der Waals surface area contributed by atoms with Crippen LogP contribution in [-0.2, 0) is 6.42 Å². The smallest absolute Gasteiger partial charge is 0.336 e. The van der Waals surface area contributed by atoms with E-state index < -0.39 is 5.97 Å². The number of benzene rings is 1. The number of aromatic carboxylic acids is 1. The van der Waals surface area contributed by atoms with Crippen LogP contribution in [0.3, 0.4) is 0 Å². The van der Waals surface area contributed by atoms with Crippen molar-refractivity contribution in [2.24, 2.45) is 0 Å². The molecule has 0 fully saturated rings. The molecule has 0 saturated heterocycles. The van der Waals surface area contributed by atoms with E-state index in [0.717, 1.165) is 5.56 Å². The maximum atomic E-state index is 10.7. The molecule has 0 radical (unpaired) electrons. The number of hydrogen-bond acceptors (Lipinski definition) is 2. The Morgan fingerprint density at radius 3 is 2.54 bits per heavy atom. The van der Waals surface area contributed by atoms with Gasteiger partial charge in [-0.15, -0.1) is 0 Å². The van der Waals surface area contributed by atoms with Gasteiger partial charge < -0.3 is 10.2 Å². The minimum atomic E-state index is -1.00. The molecule has 0 spiro atoms. The van der Waals surface area contributed by atoms with Crippen LogP contribution in [0.4, 0.5) is 0 Å². The van der Waals surface area contributed by atoms with Crippen LogP contribution in [0.5, 0.6) is 5.75 Å². The van der Waals surface area contributed by atoms with Crippen LogP contribution in [0, 0.1) is 6.92 Å². The van der Waals surface area contributed by atoms with E-state index >= 15 is 0 Å². The summed E-state index contributed by atoms with van der Waals surface area (Å²) in [6.45, 7) is 3.64. The van der Waals surface area contributed by atoms with Gasteiger partial charge in [-0.3, -0.25) is 0 Å². The molecular formula is C10H12O3. The number of rotatable bonds is 2. The number of aryl methyl sites for hydroxylation is 2. The highest BCUT2D eigenvalue weighted by Crippen LogP contribution is 2.22. The molecule has 0 aromatic heterocycles. The number of phenolic OH excluding ortho intramolecular Hbond substituents is 1. The molecule has 0 bridgehead atoms. The van der Waals surface area contributed by atoms with E-state index in [1.54, 1.807) is 13.0 Å². The molecule has 0 aliphatic heterocycles. The maximum absolute atomic E-state index is 10.7. The maximum Gasteiger partial charge on any atom is 0.336 e. The highest BCUT2D eigenvalue weighted by atomic mass is 16.4. The van der Waals surface area contributed by atoms with E-state index in [9.17, 15) is 9.90 Å². The lowest BCUT2D eigenvalue weighted by atomic mass is 10.0. The van der Waals surface area contributed by atoms with Gasteiger partial charge in [-0.1, -0.05) is 13.0 Å². The van der Waals surface area contributed by atoms with Crippen LogP contribution in [-0.4, -0.2) is 16.2 Å². The van der Waals surface area contributed by atoms with Crippen LogP contribution in [0.15, 0.2) is 12.1 Å². The number of carbonyl (C=O) groups is 1. The molecule has 13 heavy (non-hydrogen) atoms. The zero-order chi connectivity index (χ0) is 10.0. The van der Waals surface area contributed by atoms with Gasteiger partial charge in [-0.2, -0.15) is 0 Å². The van der Waals surface area contributed by atoms with Crippen LogP contribution < -0.4 is 0 Å². The summed E-state index contributed by atoms with van der Waals surface area (Å²) in [6.07, 6.45) is 0.701. The second-order valence-electron chi connectivity index (χ2n) is 2.95. The number of hydrogen-bond donors (Lipinski definition) is 2. The number of carboxylic acids is 1. The predicted molar refractivity (Wildman–Crippen MR) is 49.2 cm³/mol. The zero-order valence-corrected chi connectivity index (χ0v) is 7.66. The average Bonchev–Trinajstić information content (AvgIpc) is 2.07. The quantitative estimate of drug-likeness (QED) is 0.731. The fourth-order valence-corrected chi connectivity index (χ4v) is 1.27. The first-order chi connectivity index (χ1) is 6.06. The van der Waals surface area contributed by atoms with Gasteiger partial charge in [-0.05, 0) is 30.5 Å². The van der Waals surface area contributed by atoms with Crippen molar-refractivity contribution in [3.63, 3.8) is 0 Å². The van der Waals surface area contributed by atoms with Crippen LogP contribution >= 0.6 is 0 Å². The summed E-state index contributed by atoms with van der Waals surface area (Å²) in [4.78, 5) is 10.7. The fraction of sp³-hybridized carbons (Fsp3) is 0.300. The minimum Gasteiger partial charge on any atom is -0.508 e. The molecule has 70 valence electrons. The molecule has 1 aromatic rings. The van der Waals surface area contributed by atoms with Crippen LogP contribution in [0.1, 0.15) is 28.4 Å². The van der Waals surface area contributed by atoms with Gasteiger partial charge >= 0.3 is 5.97 Å². The molecule has 0 aliphatic carbocycles. The molecule has 3 nitrogen and oxygen atoms in total. The van der Waals surface area contributed by atoms with Crippen molar-refractivity contribution in [3.8, 4) is 5.75 Å². The Morgan fingerprint density at radius 1 is 1.46 bits per heavy atom. The van der Waals surface area contributed by atoms with Crippen molar-refractivity contribution in [1.29, 1.82) is 0 Å². The summed E-state index contributed by atoms with van der Waals surface area (Å²) in [7, 11) is 0. The van der Waals surface area contributed by atoms with Crippen molar-refractivity contribution >= 4 is 5.97 Å². The van der Waals surface area contributed by atoms with Crippen molar-refractivity contribution in [1.82, 2.24) is 0 Å². The van der Waals surface area contributed by atoms with Gasteiger partial charge in [0.05, 0.1) is 5.56 Å². The molecular weight excluding hydrogens is 168 g/mol. The molecule has 0 saturated carbocycles. The van der Waals surface area contributed by atoms with Crippen molar-refractivity contribution in [2.45, 2.75) is 20.3 Å². The monoisotopic (exact) mass is 180 g/mol. The van der Waals surface area contributed by atoms with Crippen LogP contribution in [0.2, 0.25) is 0 Å². The van der Waals surface area contributed by atoms with Gasteiger partial charge in [0.25, 0.3) is 0 Å². The number of carboxylic acid groups (broad SMARTS) is 1. The van der Waals surface area contributed by atoms with E-state index in [0.29, 0.717) is 12.0 Å². The summed E-state index contributed by atoms with van der Waals surface area (Å²) in [5.41, 5.74) is 1.62. The first-order valence-corrected chi connectivity index (χ1v) is 4.12. The van der Waals surface area contributed by atoms with Gasteiger partial charge in [0, 0.05) is 0 Å². The largest absolute Gasteiger partial charge is 0.508 e. The van der Waals surface area contributed by atoms with Gasteiger partial charge in [0.2, 0.25) is 0 Å². The summed E-state index contributed by atoms with van der Waals surface area (Å²) in [5.74, 6) is -0.944. The Balaban J connectivity index is 3.28. The van der Waals surface area contributed by atoms with Crippen molar-refractivity contribution < 1.29 is 15.0 Å². The van der Waals surface area contributed by atoms with E-state index in [4.69, 9.17) is 5.11 Å². The van der Waals surface area contributed by atoms with E-state index in [-0.39, 0.29) is 11.3 Å². The SMILES string of the molecule is CCc1cc(C)c(C(=O)O)cc1O. The average molecular weight is 180 g/mol. The Kier molecular flexibility index (Phi) is 2.56. The lowest BCUT2D eigenvalue weighted by Gasteiger charge is -2.06. The van der Waals surface area contributed by atoms with E-state index in [1.807, 2.05) is 6.92 Å². The molecule has 1 rings (SSSR count). The van der Waals surface area contributed by atoms with E-state index in [2.05, 4.69) is 0 Å². The normalized spacial score (nSPS) is 10.0. The molecule has 0 unspecified atom stereocenters. The molecule has 0 amide bonds. The Labute approximate surface area is 76.6 Å². The zero-order valence-electron chi connectivity index (χ0n) is 7.66. The van der Waals surface area contributed by atoms with Gasteiger partial charge in [0.1, 0.15) is 5.75 Å². The summed E-state index contributed by atoms with van der Waals surface area (Å²) < 4.78 is 0. The topological polar surface area (TPSA) is 57.5 Å². The molecule has 0 heterocycles. The first-order valence-electron chi connectivity index (χ1n) is 4.12. The highest BCUT2D eigenvalue weighted by Gasteiger charge is 2.10. The summed E-state index contributed by atoms with van der Waals surface area (Å²) in [6, 6.07) is 3.01. The number of aromatic hydroxyl groups is 1. The first kappa shape index (κ1) is 9.58. The molecule has 0 atom stereocenters.